The third-order valence-electron chi connectivity index (χ3n) is 2.42. The fourth-order valence-electron chi connectivity index (χ4n) is 1.56. The summed E-state index contributed by atoms with van der Waals surface area (Å²) in [6.45, 7) is 1.42. The summed E-state index contributed by atoms with van der Waals surface area (Å²) in [4.78, 5) is 0. The minimum Gasteiger partial charge on any atom is -0.383 e. The first-order valence-electron chi connectivity index (χ1n) is 5.63. The van der Waals surface area contributed by atoms with Gasteiger partial charge in [-0.05, 0) is 24.3 Å². The van der Waals surface area contributed by atoms with Crippen LogP contribution in [0.25, 0.3) is 0 Å². The smallest absolute Gasteiger partial charge is 0.146 e. The zero-order valence-corrected chi connectivity index (χ0v) is 9.49. The van der Waals surface area contributed by atoms with E-state index in [1.165, 1.54) is 6.07 Å². The maximum Gasteiger partial charge on any atom is 0.146 e. The lowest BCUT2D eigenvalue weighted by molar-refractivity contribution is 0.630. The molecule has 0 fully saturated rings. The average Bonchev–Trinajstić information content (AvgIpc) is 2.38. The van der Waals surface area contributed by atoms with E-state index in [0.29, 0.717) is 12.2 Å². The molecule has 0 amide bonds. The molecule has 0 saturated heterocycles. The molecular weight excluding hydrogens is 215 g/mol. The molecule has 2 nitrogen and oxygen atoms in total. The fourth-order valence-corrected chi connectivity index (χ4v) is 1.56. The molecule has 0 spiro atoms. The summed E-state index contributed by atoms with van der Waals surface area (Å²) in [5.41, 5.74) is 1.62. The molecule has 0 bridgehead atoms. The molecule has 2 rings (SSSR count). The van der Waals surface area contributed by atoms with Gasteiger partial charge in [0.25, 0.3) is 0 Å². The number of rotatable bonds is 5. The summed E-state index contributed by atoms with van der Waals surface area (Å²) < 4.78 is 13.3. The molecule has 2 aromatic rings. The molecule has 0 aliphatic carbocycles. The maximum absolute atomic E-state index is 13.3. The van der Waals surface area contributed by atoms with Gasteiger partial charge in [0.1, 0.15) is 5.82 Å². The Labute approximate surface area is 100 Å². The predicted octanol–water partition coefficient (Wildman–Crippen LogP) is 3.35. The predicted molar refractivity (Wildman–Crippen MR) is 69.8 cm³/mol. The second-order valence-electron chi connectivity index (χ2n) is 3.70. The van der Waals surface area contributed by atoms with Crippen molar-refractivity contribution >= 4 is 11.4 Å². The third-order valence-corrected chi connectivity index (χ3v) is 2.42. The van der Waals surface area contributed by atoms with Crippen molar-refractivity contribution in [1.29, 1.82) is 0 Å². The summed E-state index contributed by atoms with van der Waals surface area (Å²) in [6.07, 6.45) is 0. The Morgan fingerprint density at radius 1 is 0.765 bits per heavy atom. The van der Waals surface area contributed by atoms with Gasteiger partial charge in [0.2, 0.25) is 0 Å². The molecule has 2 aromatic carbocycles. The van der Waals surface area contributed by atoms with Crippen LogP contribution in [-0.2, 0) is 0 Å². The van der Waals surface area contributed by atoms with Crippen molar-refractivity contribution in [3.63, 3.8) is 0 Å². The number of para-hydroxylation sites is 2. The first kappa shape index (κ1) is 11.5. The molecule has 0 atom stereocenters. The molecule has 2 N–H and O–H groups in total. The van der Waals surface area contributed by atoms with Gasteiger partial charge in [-0.1, -0.05) is 30.3 Å². The molecule has 17 heavy (non-hydrogen) atoms. The molecule has 88 valence electrons. The topological polar surface area (TPSA) is 24.1 Å². The number of hydrogen-bond acceptors (Lipinski definition) is 2. The Hall–Kier alpha value is -2.03. The number of halogens is 1. The van der Waals surface area contributed by atoms with Gasteiger partial charge in [-0.3, -0.25) is 0 Å². The van der Waals surface area contributed by atoms with Gasteiger partial charge >= 0.3 is 0 Å². The third kappa shape index (κ3) is 3.48. The van der Waals surface area contributed by atoms with E-state index >= 15 is 0 Å². The van der Waals surface area contributed by atoms with Crippen LogP contribution in [0.15, 0.2) is 54.6 Å². The van der Waals surface area contributed by atoms with Crippen molar-refractivity contribution in [2.75, 3.05) is 23.7 Å². The Balaban J connectivity index is 1.76. The second kappa shape index (κ2) is 5.89. The molecule has 3 heteroatoms. The van der Waals surface area contributed by atoms with Crippen LogP contribution in [0.5, 0.6) is 0 Å². The zero-order valence-electron chi connectivity index (χ0n) is 9.49. The van der Waals surface area contributed by atoms with Gasteiger partial charge in [0.15, 0.2) is 0 Å². The van der Waals surface area contributed by atoms with Gasteiger partial charge in [-0.15, -0.1) is 0 Å². The van der Waals surface area contributed by atoms with E-state index in [4.69, 9.17) is 0 Å². The molecule has 0 saturated carbocycles. The van der Waals surface area contributed by atoms with Gasteiger partial charge in [0, 0.05) is 18.8 Å². The van der Waals surface area contributed by atoms with Crippen molar-refractivity contribution in [3.05, 3.63) is 60.4 Å². The van der Waals surface area contributed by atoms with Crippen LogP contribution in [0.3, 0.4) is 0 Å². The first-order valence-corrected chi connectivity index (χ1v) is 5.63. The highest BCUT2D eigenvalue weighted by atomic mass is 19.1. The monoisotopic (exact) mass is 230 g/mol. The highest BCUT2D eigenvalue weighted by Gasteiger charge is 1.97. The summed E-state index contributed by atoms with van der Waals surface area (Å²) in [6, 6.07) is 16.6. The van der Waals surface area contributed by atoms with Crippen molar-refractivity contribution in [2.45, 2.75) is 0 Å². The van der Waals surface area contributed by atoms with E-state index in [9.17, 15) is 4.39 Å². The Morgan fingerprint density at radius 2 is 1.41 bits per heavy atom. The number of nitrogens with one attached hydrogen (secondary N) is 2. The van der Waals surface area contributed by atoms with Crippen molar-refractivity contribution in [3.8, 4) is 0 Å². The van der Waals surface area contributed by atoms with Crippen LogP contribution >= 0.6 is 0 Å². The second-order valence-corrected chi connectivity index (χ2v) is 3.70. The molecule has 0 heterocycles. The Kier molecular flexibility index (Phi) is 3.97. The normalized spacial score (nSPS) is 9.94. The number of hydrogen-bond donors (Lipinski definition) is 2. The van der Waals surface area contributed by atoms with E-state index in [0.717, 1.165) is 12.2 Å². The molecule has 0 radical (unpaired) electrons. The SMILES string of the molecule is Fc1ccccc1NCCNc1ccccc1. The molecule has 0 aliphatic heterocycles. The molecule has 0 unspecified atom stereocenters. The van der Waals surface area contributed by atoms with E-state index in [-0.39, 0.29) is 5.82 Å². The quantitative estimate of drug-likeness (QED) is 0.770. The summed E-state index contributed by atoms with van der Waals surface area (Å²) in [5, 5.41) is 6.30. The summed E-state index contributed by atoms with van der Waals surface area (Å²) in [5.74, 6) is -0.216. The van der Waals surface area contributed by atoms with Crippen LogP contribution in [0.4, 0.5) is 15.8 Å². The van der Waals surface area contributed by atoms with Crippen LogP contribution in [0, 0.1) is 5.82 Å². The molecular formula is C14H15FN2. The van der Waals surface area contributed by atoms with Gasteiger partial charge < -0.3 is 10.6 Å². The van der Waals surface area contributed by atoms with Crippen molar-refractivity contribution in [2.24, 2.45) is 0 Å². The first-order chi connectivity index (χ1) is 8.36. The minimum atomic E-state index is -0.216. The number of anilines is 2. The van der Waals surface area contributed by atoms with E-state index in [1.54, 1.807) is 12.1 Å². The van der Waals surface area contributed by atoms with E-state index in [1.807, 2.05) is 36.4 Å². The van der Waals surface area contributed by atoms with Crippen LogP contribution in [-0.4, -0.2) is 13.1 Å². The highest BCUT2D eigenvalue weighted by Crippen LogP contribution is 2.11. The Bertz CT molecular complexity index is 457. The van der Waals surface area contributed by atoms with Gasteiger partial charge in [0.05, 0.1) is 5.69 Å². The van der Waals surface area contributed by atoms with Crippen LogP contribution < -0.4 is 10.6 Å². The maximum atomic E-state index is 13.3. The van der Waals surface area contributed by atoms with E-state index < -0.39 is 0 Å². The standard InChI is InChI=1S/C14H15FN2/c15-13-8-4-5-9-14(13)17-11-10-16-12-6-2-1-3-7-12/h1-9,16-17H,10-11H2. The van der Waals surface area contributed by atoms with Gasteiger partial charge in [-0.25, -0.2) is 4.39 Å². The lowest BCUT2D eigenvalue weighted by Gasteiger charge is -2.09. The lowest BCUT2D eigenvalue weighted by atomic mass is 10.3. The zero-order chi connectivity index (χ0) is 11.9. The van der Waals surface area contributed by atoms with Crippen molar-refractivity contribution in [1.82, 2.24) is 0 Å². The number of benzene rings is 2. The fraction of sp³-hybridized carbons (Fsp3) is 0.143. The summed E-state index contributed by atoms with van der Waals surface area (Å²) in [7, 11) is 0. The lowest BCUT2D eigenvalue weighted by Crippen LogP contribution is -2.14. The molecule has 0 aromatic heterocycles. The molecule has 0 aliphatic rings. The van der Waals surface area contributed by atoms with Crippen LogP contribution in [0.2, 0.25) is 0 Å². The van der Waals surface area contributed by atoms with Crippen molar-refractivity contribution < 1.29 is 4.39 Å². The van der Waals surface area contributed by atoms with Crippen LogP contribution in [0.1, 0.15) is 0 Å². The van der Waals surface area contributed by atoms with Gasteiger partial charge in [-0.2, -0.15) is 0 Å². The average molecular weight is 230 g/mol. The van der Waals surface area contributed by atoms with E-state index in [2.05, 4.69) is 10.6 Å². The largest absolute Gasteiger partial charge is 0.383 e. The minimum absolute atomic E-state index is 0.216. The Morgan fingerprint density at radius 3 is 2.18 bits per heavy atom. The highest BCUT2D eigenvalue weighted by molar-refractivity contribution is 5.45. The summed E-state index contributed by atoms with van der Waals surface area (Å²) >= 11 is 0.